The van der Waals surface area contributed by atoms with Crippen LogP contribution in [0.25, 0.3) is 43.7 Å². The number of aromatic nitrogens is 1. The Morgan fingerprint density at radius 1 is 0.808 bits per heavy atom. The molecule has 0 atom stereocenters. The van der Waals surface area contributed by atoms with E-state index in [-0.39, 0.29) is 0 Å². The lowest BCUT2D eigenvalue weighted by Crippen LogP contribution is -1.89. The number of rotatable bonds is 1. The van der Waals surface area contributed by atoms with Gasteiger partial charge in [-0.3, -0.25) is 0 Å². The Hall–Kier alpha value is -3.28. The molecule has 5 rings (SSSR count). The molecule has 0 aliphatic rings. The predicted molar refractivity (Wildman–Crippen MR) is 108 cm³/mol. The third-order valence-corrected chi connectivity index (χ3v) is 5.14. The second kappa shape index (κ2) is 5.62. The van der Waals surface area contributed by atoms with Gasteiger partial charge in [0.1, 0.15) is 6.07 Å². The van der Waals surface area contributed by atoms with Crippen LogP contribution >= 0.6 is 11.6 Å². The maximum absolute atomic E-state index is 9.94. The van der Waals surface area contributed by atoms with Gasteiger partial charge in [0.05, 0.1) is 11.1 Å². The lowest BCUT2D eigenvalue weighted by atomic mass is 9.91. The molecule has 1 aromatic heterocycles. The molecule has 0 spiro atoms. The van der Waals surface area contributed by atoms with Gasteiger partial charge in [-0.15, -0.1) is 0 Å². The Labute approximate surface area is 155 Å². The van der Waals surface area contributed by atoms with Gasteiger partial charge >= 0.3 is 0 Å². The number of hydrogen-bond donors (Lipinski definition) is 1. The van der Waals surface area contributed by atoms with Crippen molar-refractivity contribution in [1.82, 2.24) is 4.98 Å². The van der Waals surface area contributed by atoms with Crippen LogP contribution in [-0.2, 0) is 0 Å². The van der Waals surface area contributed by atoms with Crippen molar-refractivity contribution in [2.45, 2.75) is 0 Å². The fourth-order valence-corrected chi connectivity index (χ4v) is 4.00. The van der Waals surface area contributed by atoms with Gasteiger partial charge in [0.2, 0.25) is 0 Å². The molecule has 122 valence electrons. The zero-order valence-electron chi connectivity index (χ0n) is 13.8. The monoisotopic (exact) mass is 352 g/mol. The molecule has 4 aromatic carbocycles. The summed E-state index contributed by atoms with van der Waals surface area (Å²) in [5.74, 6) is 0. The minimum atomic E-state index is 0.674. The smallest absolute Gasteiger partial charge is 0.101 e. The number of halogens is 1. The number of fused-ring (bicyclic) bond motifs is 4. The van der Waals surface area contributed by atoms with Gasteiger partial charge in [0.25, 0.3) is 0 Å². The van der Waals surface area contributed by atoms with Crippen LogP contribution in [0.15, 0.2) is 72.8 Å². The first kappa shape index (κ1) is 15.0. The van der Waals surface area contributed by atoms with Crippen molar-refractivity contribution >= 4 is 44.2 Å². The van der Waals surface area contributed by atoms with E-state index in [1.54, 1.807) is 0 Å². The van der Waals surface area contributed by atoms with Crippen LogP contribution < -0.4 is 0 Å². The lowest BCUT2D eigenvalue weighted by molar-refractivity contribution is 1.51. The molecule has 1 heterocycles. The van der Waals surface area contributed by atoms with E-state index in [9.17, 15) is 5.26 Å². The third kappa shape index (κ3) is 2.05. The second-order valence-electron chi connectivity index (χ2n) is 6.34. The molecule has 3 heteroatoms. The first-order valence-electron chi connectivity index (χ1n) is 8.39. The SMILES string of the molecule is N#Cc1c2ccccc2c(-c2ccccc2)c2[nH]c3cc(Cl)ccc3c12. The number of nitrogens with zero attached hydrogens (tertiary/aromatic N) is 1. The normalized spacial score (nSPS) is 11.2. The molecule has 26 heavy (non-hydrogen) atoms. The zero-order valence-corrected chi connectivity index (χ0v) is 14.5. The largest absolute Gasteiger partial charge is 0.354 e. The van der Waals surface area contributed by atoms with Crippen LogP contribution in [0.3, 0.4) is 0 Å². The van der Waals surface area contributed by atoms with Crippen molar-refractivity contribution in [3.05, 3.63) is 83.4 Å². The van der Waals surface area contributed by atoms with Crippen molar-refractivity contribution in [3.63, 3.8) is 0 Å². The number of nitriles is 1. The van der Waals surface area contributed by atoms with Crippen LogP contribution in [-0.4, -0.2) is 4.98 Å². The molecular formula is C23H13ClN2. The van der Waals surface area contributed by atoms with E-state index < -0.39 is 0 Å². The molecule has 0 aliphatic carbocycles. The van der Waals surface area contributed by atoms with E-state index >= 15 is 0 Å². The van der Waals surface area contributed by atoms with E-state index in [0.29, 0.717) is 10.6 Å². The van der Waals surface area contributed by atoms with Gasteiger partial charge in [-0.05, 0) is 23.1 Å². The number of H-pyrrole nitrogens is 1. The van der Waals surface area contributed by atoms with Crippen LogP contribution in [0, 0.1) is 11.3 Å². The highest BCUT2D eigenvalue weighted by Gasteiger charge is 2.19. The van der Waals surface area contributed by atoms with Crippen molar-refractivity contribution < 1.29 is 0 Å². The highest BCUT2D eigenvalue weighted by Crippen LogP contribution is 2.42. The highest BCUT2D eigenvalue weighted by molar-refractivity contribution is 6.32. The predicted octanol–water partition coefficient (Wildman–Crippen LogP) is 6.67. The Morgan fingerprint density at radius 3 is 2.31 bits per heavy atom. The molecule has 0 fully saturated rings. The van der Waals surface area contributed by atoms with Crippen molar-refractivity contribution in [1.29, 1.82) is 5.26 Å². The topological polar surface area (TPSA) is 39.6 Å². The molecule has 1 N–H and O–H groups in total. The first-order chi connectivity index (χ1) is 12.8. The van der Waals surface area contributed by atoms with Gasteiger partial charge in [0.15, 0.2) is 0 Å². The van der Waals surface area contributed by atoms with Gasteiger partial charge in [-0.2, -0.15) is 5.26 Å². The van der Waals surface area contributed by atoms with Crippen molar-refractivity contribution in [3.8, 4) is 17.2 Å². The number of nitrogens with one attached hydrogen (secondary N) is 1. The summed E-state index contributed by atoms with van der Waals surface area (Å²) in [4.78, 5) is 3.52. The van der Waals surface area contributed by atoms with Gasteiger partial charge in [-0.1, -0.05) is 72.3 Å². The van der Waals surface area contributed by atoms with Crippen LogP contribution in [0.1, 0.15) is 5.56 Å². The standard InChI is InChI=1S/C23H13ClN2/c24-15-10-11-18-20(12-15)26-23-21(14-6-2-1-3-7-14)17-9-5-4-8-16(17)19(13-25)22(18)23/h1-12,26H. The third-order valence-electron chi connectivity index (χ3n) is 4.90. The van der Waals surface area contributed by atoms with E-state index in [1.165, 1.54) is 0 Å². The van der Waals surface area contributed by atoms with E-state index in [1.807, 2.05) is 54.6 Å². The lowest BCUT2D eigenvalue weighted by Gasteiger charge is -2.11. The summed E-state index contributed by atoms with van der Waals surface area (Å²) in [6.07, 6.45) is 0. The zero-order chi connectivity index (χ0) is 17.7. The second-order valence-corrected chi connectivity index (χ2v) is 6.77. The fourth-order valence-electron chi connectivity index (χ4n) is 3.83. The van der Waals surface area contributed by atoms with E-state index in [4.69, 9.17) is 11.6 Å². The van der Waals surface area contributed by atoms with Crippen molar-refractivity contribution in [2.75, 3.05) is 0 Å². The molecule has 0 aliphatic heterocycles. The summed E-state index contributed by atoms with van der Waals surface area (Å²) in [6.45, 7) is 0. The first-order valence-corrected chi connectivity index (χ1v) is 8.77. The highest BCUT2D eigenvalue weighted by atomic mass is 35.5. The molecule has 0 bridgehead atoms. The number of benzene rings is 4. The Morgan fingerprint density at radius 2 is 1.54 bits per heavy atom. The molecule has 5 aromatic rings. The van der Waals surface area contributed by atoms with E-state index in [0.717, 1.165) is 43.7 Å². The number of aromatic amines is 1. The molecule has 0 amide bonds. The number of hydrogen-bond acceptors (Lipinski definition) is 1. The molecule has 0 saturated heterocycles. The summed E-state index contributed by atoms with van der Waals surface area (Å²) >= 11 is 6.20. The summed E-state index contributed by atoms with van der Waals surface area (Å²) in [6, 6.07) is 26.6. The minimum Gasteiger partial charge on any atom is -0.354 e. The molecule has 0 unspecified atom stereocenters. The van der Waals surface area contributed by atoms with Gasteiger partial charge < -0.3 is 4.98 Å². The molecule has 0 radical (unpaired) electrons. The maximum atomic E-state index is 9.94. The average Bonchev–Trinajstić information content (AvgIpc) is 3.04. The van der Waals surface area contributed by atoms with Crippen LogP contribution in [0.5, 0.6) is 0 Å². The molecular weight excluding hydrogens is 340 g/mol. The summed E-state index contributed by atoms with van der Waals surface area (Å²) in [5.41, 5.74) is 4.85. The minimum absolute atomic E-state index is 0.674. The maximum Gasteiger partial charge on any atom is 0.101 e. The van der Waals surface area contributed by atoms with E-state index in [2.05, 4.69) is 29.3 Å². The summed E-state index contributed by atoms with van der Waals surface area (Å²) in [7, 11) is 0. The Bertz CT molecular complexity index is 1340. The Kier molecular flexibility index (Phi) is 3.25. The quantitative estimate of drug-likeness (QED) is 0.359. The van der Waals surface area contributed by atoms with Gasteiger partial charge in [0, 0.05) is 32.3 Å². The average molecular weight is 353 g/mol. The summed E-state index contributed by atoms with van der Waals surface area (Å²) < 4.78 is 0. The Balaban J connectivity index is 2.11. The van der Waals surface area contributed by atoms with Gasteiger partial charge in [-0.25, -0.2) is 0 Å². The van der Waals surface area contributed by atoms with Crippen LogP contribution in [0.4, 0.5) is 0 Å². The summed E-state index contributed by atoms with van der Waals surface area (Å²) in [5, 5.41) is 14.6. The molecule has 2 nitrogen and oxygen atoms in total. The molecule has 0 saturated carbocycles. The van der Waals surface area contributed by atoms with Crippen molar-refractivity contribution in [2.24, 2.45) is 0 Å². The fraction of sp³-hybridized carbons (Fsp3) is 0. The van der Waals surface area contributed by atoms with Crippen LogP contribution in [0.2, 0.25) is 5.02 Å².